The van der Waals surface area contributed by atoms with Crippen LogP contribution in [0.4, 0.5) is 5.82 Å². The summed E-state index contributed by atoms with van der Waals surface area (Å²) in [5, 5.41) is 3.02. The molecular weight excluding hydrogens is 148 g/mol. The summed E-state index contributed by atoms with van der Waals surface area (Å²) in [5.41, 5.74) is 2.24. The van der Waals surface area contributed by atoms with E-state index in [4.69, 9.17) is 0 Å². The molecule has 1 N–H and O–H groups in total. The van der Waals surface area contributed by atoms with Crippen molar-refractivity contribution in [1.29, 1.82) is 0 Å². The van der Waals surface area contributed by atoms with Crippen molar-refractivity contribution >= 4 is 5.82 Å². The Hall–Kier alpha value is -1.05. The summed E-state index contributed by atoms with van der Waals surface area (Å²) in [6, 6.07) is 4.07. The van der Waals surface area contributed by atoms with Crippen LogP contribution in [-0.4, -0.2) is 12.0 Å². The summed E-state index contributed by atoms with van der Waals surface area (Å²) in [4.78, 5) is 4.28. The molecule has 0 aromatic carbocycles. The third-order valence-electron chi connectivity index (χ3n) is 1.47. The van der Waals surface area contributed by atoms with Crippen molar-refractivity contribution in [2.24, 2.45) is 0 Å². The van der Waals surface area contributed by atoms with Crippen molar-refractivity contribution in [1.82, 2.24) is 4.98 Å². The summed E-state index contributed by atoms with van der Waals surface area (Å²) in [6.45, 7) is 8.03. The zero-order chi connectivity index (χ0) is 9.56. The number of aryl methyl sites for hydroxylation is 2. The molecule has 68 valence electrons. The van der Waals surface area contributed by atoms with Crippen LogP contribution in [-0.2, 0) is 0 Å². The number of aromatic nitrogens is 1. The molecule has 0 fully saturated rings. The number of rotatable bonds is 1. The van der Waals surface area contributed by atoms with Gasteiger partial charge in [-0.15, -0.1) is 0 Å². The molecule has 12 heavy (non-hydrogen) atoms. The van der Waals surface area contributed by atoms with Crippen molar-refractivity contribution in [3.63, 3.8) is 0 Å². The van der Waals surface area contributed by atoms with Crippen LogP contribution in [0.15, 0.2) is 12.1 Å². The molecule has 0 aliphatic heterocycles. The second-order valence-corrected chi connectivity index (χ2v) is 2.37. The molecule has 0 saturated heterocycles. The molecule has 0 saturated carbocycles. The van der Waals surface area contributed by atoms with Crippen molar-refractivity contribution in [2.75, 3.05) is 12.4 Å². The average molecular weight is 166 g/mol. The van der Waals surface area contributed by atoms with Crippen molar-refractivity contribution in [3.05, 3.63) is 23.4 Å². The molecule has 0 spiro atoms. The van der Waals surface area contributed by atoms with Gasteiger partial charge in [-0.25, -0.2) is 4.98 Å². The van der Waals surface area contributed by atoms with Crippen molar-refractivity contribution in [2.45, 2.75) is 27.7 Å². The lowest BCUT2D eigenvalue weighted by Gasteiger charge is -2.03. The van der Waals surface area contributed by atoms with E-state index in [9.17, 15) is 0 Å². The van der Waals surface area contributed by atoms with Gasteiger partial charge >= 0.3 is 0 Å². The van der Waals surface area contributed by atoms with Gasteiger partial charge in [0, 0.05) is 12.7 Å². The fourth-order valence-corrected chi connectivity index (χ4v) is 0.879. The minimum absolute atomic E-state index is 0.972. The molecule has 1 rings (SSSR count). The van der Waals surface area contributed by atoms with Crippen LogP contribution in [0, 0.1) is 13.8 Å². The highest BCUT2D eigenvalue weighted by Crippen LogP contribution is 2.09. The molecule has 1 heterocycles. The highest BCUT2D eigenvalue weighted by Gasteiger charge is 1.94. The summed E-state index contributed by atoms with van der Waals surface area (Å²) >= 11 is 0. The average Bonchev–Trinajstić information content (AvgIpc) is 2.13. The fraction of sp³-hybridized carbons (Fsp3) is 0.500. The Bertz CT molecular complexity index is 231. The van der Waals surface area contributed by atoms with Crippen LogP contribution in [0.1, 0.15) is 25.1 Å². The fourth-order valence-electron chi connectivity index (χ4n) is 0.879. The maximum atomic E-state index is 4.28. The number of hydrogen-bond donors (Lipinski definition) is 1. The van der Waals surface area contributed by atoms with E-state index in [1.54, 1.807) is 0 Å². The molecule has 2 nitrogen and oxygen atoms in total. The molecule has 0 atom stereocenters. The number of anilines is 1. The first kappa shape index (κ1) is 11.0. The molecule has 0 aliphatic carbocycles. The molecule has 1 aromatic rings. The third kappa shape index (κ3) is 2.91. The van der Waals surface area contributed by atoms with Crippen molar-refractivity contribution in [3.8, 4) is 0 Å². The Kier molecular flexibility index (Phi) is 5.09. The molecule has 0 aliphatic rings. The summed E-state index contributed by atoms with van der Waals surface area (Å²) < 4.78 is 0. The van der Waals surface area contributed by atoms with Gasteiger partial charge in [-0.2, -0.15) is 0 Å². The number of hydrogen-bond acceptors (Lipinski definition) is 2. The van der Waals surface area contributed by atoms with Gasteiger partial charge < -0.3 is 5.32 Å². The first-order valence-corrected chi connectivity index (χ1v) is 4.36. The van der Waals surface area contributed by atoms with E-state index in [1.165, 1.54) is 5.56 Å². The minimum atomic E-state index is 0.972. The van der Waals surface area contributed by atoms with E-state index in [-0.39, 0.29) is 0 Å². The monoisotopic (exact) mass is 166 g/mol. The number of nitrogens with one attached hydrogen (secondary N) is 1. The van der Waals surface area contributed by atoms with Crippen LogP contribution >= 0.6 is 0 Å². The number of nitrogens with zero attached hydrogens (tertiary/aromatic N) is 1. The van der Waals surface area contributed by atoms with Crippen molar-refractivity contribution < 1.29 is 0 Å². The van der Waals surface area contributed by atoms with Gasteiger partial charge in [0.05, 0.1) is 0 Å². The predicted octanol–water partition coefficient (Wildman–Crippen LogP) is 2.77. The molecule has 0 radical (unpaired) electrons. The first-order valence-electron chi connectivity index (χ1n) is 4.36. The first-order chi connectivity index (χ1) is 5.74. The van der Waals surface area contributed by atoms with E-state index in [0.29, 0.717) is 0 Å². The third-order valence-corrected chi connectivity index (χ3v) is 1.47. The smallest absolute Gasteiger partial charge is 0.128 e. The number of pyridine rings is 1. The molecule has 1 aromatic heterocycles. The quantitative estimate of drug-likeness (QED) is 0.694. The van der Waals surface area contributed by atoms with Crippen LogP contribution < -0.4 is 5.32 Å². The van der Waals surface area contributed by atoms with E-state index < -0.39 is 0 Å². The lowest BCUT2D eigenvalue weighted by molar-refractivity contribution is 1.16. The van der Waals surface area contributed by atoms with Gasteiger partial charge in [0.25, 0.3) is 0 Å². The van der Waals surface area contributed by atoms with Crippen LogP contribution in [0.25, 0.3) is 0 Å². The Morgan fingerprint density at radius 2 is 1.75 bits per heavy atom. The van der Waals surface area contributed by atoms with Gasteiger partial charge in [0.2, 0.25) is 0 Å². The van der Waals surface area contributed by atoms with E-state index >= 15 is 0 Å². The predicted molar refractivity (Wildman–Crippen MR) is 54.6 cm³/mol. The maximum Gasteiger partial charge on any atom is 0.128 e. The summed E-state index contributed by atoms with van der Waals surface area (Å²) in [7, 11) is 1.88. The lowest BCUT2D eigenvalue weighted by atomic mass is 10.2. The van der Waals surface area contributed by atoms with Gasteiger partial charge in [0.1, 0.15) is 5.82 Å². The molecular formula is C10H18N2. The minimum Gasteiger partial charge on any atom is -0.373 e. The lowest BCUT2D eigenvalue weighted by Crippen LogP contribution is -1.95. The van der Waals surface area contributed by atoms with Crippen LogP contribution in [0.5, 0.6) is 0 Å². The second-order valence-electron chi connectivity index (χ2n) is 2.37. The Labute approximate surface area is 75.0 Å². The normalized spacial score (nSPS) is 8.42. The van der Waals surface area contributed by atoms with Crippen LogP contribution in [0.2, 0.25) is 0 Å². The largest absolute Gasteiger partial charge is 0.373 e. The molecule has 2 heteroatoms. The summed E-state index contributed by atoms with van der Waals surface area (Å²) in [5.74, 6) is 0.972. The van der Waals surface area contributed by atoms with Crippen LogP contribution in [0.3, 0.4) is 0 Å². The molecule has 0 unspecified atom stereocenters. The SMILES string of the molecule is CC.CNc1nc(C)ccc1C. The van der Waals surface area contributed by atoms with Gasteiger partial charge in [-0.1, -0.05) is 19.9 Å². The van der Waals surface area contributed by atoms with E-state index in [0.717, 1.165) is 11.5 Å². The van der Waals surface area contributed by atoms with Gasteiger partial charge in [-0.05, 0) is 25.5 Å². The second kappa shape index (κ2) is 5.58. The zero-order valence-corrected chi connectivity index (χ0v) is 8.60. The van der Waals surface area contributed by atoms with Gasteiger partial charge in [0.15, 0.2) is 0 Å². The van der Waals surface area contributed by atoms with E-state index in [1.807, 2.05) is 40.8 Å². The van der Waals surface area contributed by atoms with Gasteiger partial charge in [-0.3, -0.25) is 0 Å². The maximum absolute atomic E-state index is 4.28. The molecule has 0 amide bonds. The zero-order valence-electron chi connectivity index (χ0n) is 8.60. The molecule has 0 bridgehead atoms. The topological polar surface area (TPSA) is 24.9 Å². The van der Waals surface area contributed by atoms with E-state index in [2.05, 4.69) is 16.4 Å². The Morgan fingerprint density at radius 3 is 2.17 bits per heavy atom. The Balaban J connectivity index is 0.000000561. The highest BCUT2D eigenvalue weighted by molar-refractivity contribution is 5.43. The Morgan fingerprint density at radius 1 is 1.17 bits per heavy atom. The standard InChI is InChI=1S/C8H12N2.C2H6/c1-6-4-5-7(2)10-8(6)9-3;1-2/h4-5H,1-3H3,(H,9,10);1-2H3. The summed E-state index contributed by atoms with van der Waals surface area (Å²) in [6.07, 6.45) is 0. The highest BCUT2D eigenvalue weighted by atomic mass is 15.0.